The molecule has 2 saturated heterocycles. The number of morpholine rings is 1. The maximum Gasteiger partial charge on any atom is 0.295 e. The van der Waals surface area contributed by atoms with E-state index in [0.717, 1.165) is 30.8 Å². The third-order valence-corrected chi connectivity index (χ3v) is 7.34. The Morgan fingerprint density at radius 1 is 0.975 bits per heavy atom. The molecule has 2 aliphatic rings. The standard InChI is InChI=1S/C32H34N2O6/c1-22-4-2-5-23(20-22)21-40-27-12-8-25(9-13-27)30(36)28-29(24-6-10-26(35)11-7-24)34(32(38)31(28)37)15-3-14-33-16-18-39-19-17-33/h2,4-13,20,29,35-36H,3,14-19,21H2,1H3/t29-/m1/s1. The third kappa shape index (κ3) is 6.19. The number of likely N-dealkylation sites (tertiary alicyclic amines) is 1. The molecule has 1 atom stereocenters. The Bertz CT molecular complexity index is 1380. The smallest absolute Gasteiger partial charge is 0.295 e. The number of hydrogen-bond acceptors (Lipinski definition) is 7. The Balaban J connectivity index is 1.38. The highest BCUT2D eigenvalue weighted by Crippen LogP contribution is 2.40. The number of ether oxygens (including phenoxy) is 2. The predicted molar refractivity (Wildman–Crippen MR) is 151 cm³/mol. The third-order valence-electron chi connectivity index (χ3n) is 7.34. The summed E-state index contributed by atoms with van der Waals surface area (Å²) < 4.78 is 11.3. The van der Waals surface area contributed by atoms with Crippen LogP contribution in [0.5, 0.6) is 11.5 Å². The first-order chi connectivity index (χ1) is 19.4. The van der Waals surface area contributed by atoms with E-state index in [0.29, 0.717) is 49.7 Å². The van der Waals surface area contributed by atoms with Crippen molar-refractivity contribution in [2.45, 2.75) is 26.0 Å². The highest BCUT2D eigenvalue weighted by atomic mass is 16.5. The minimum absolute atomic E-state index is 0.0375. The number of aliphatic hydroxyl groups is 1. The number of benzene rings is 3. The van der Waals surface area contributed by atoms with Crippen molar-refractivity contribution in [2.75, 3.05) is 39.4 Å². The van der Waals surface area contributed by atoms with Crippen LogP contribution < -0.4 is 4.74 Å². The summed E-state index contributed by atoms with van der Waals surface area (Å²) in [6, 6.07) is 20.5. The lowest BCUT2D eigenvalue weighted by Crippen LogP contribution is -2.38. The molecule has 2 aliphatic heterocycles. The van der Waals surface area contributed by atoms with Gasteiger partial charge in [0, 0.05) is 31.7 Å². The number of carbonyl (C=O) groups is 2. The van der Waals surface area contributed by atoms with Gasteiger partial charge in [0.05, 0.1) is 24.8 Å². The maximum absolute atomic E-state index is 13.3. The Kier molecular flexibility index (Phi) is 8.48. The largest absolute Gasteiger partial charge is 0.508 e. The molecule has 3 aromatic rings. The lowest BCUT2D eigenvalue weighted by molar-refractivity contribution is -0.140. The summed E-state index contributed by atoms with van der Waals surface area (Å²) in [5.41, 5.74) is 3.30. The van der Waals surface area contributed by atoms with Crippen LogP contribution in [0.25, 0.3) is 5.76 Å². The van der Waals surface area contributed by atoms with E-state index in [4.69, 9.17) is 9.47 Å². The SMILES string of the molecule is Cc1cccc(COc2ccc(C(O)=C3C(=O)C(=O)N(CCCN4CCOCC4)[C@@H]3c3ccc(O)cc3)cc2)c1. The van der Waals surface area contributed by atoms with Crippen molar-refractivity contribution >= 4 is 17.4 Å². The number of aromatic hydroxyl groups is 1. The number of nitrogens with zero attached hydrogens (tertiary/aromatic N) is 2. The van der Waals surface area contributed by atoms with Gasteiger partial charge in [0.2, 0.25) is 0 Å². The molecule has 0 spiro atoms. The molecular weight excluding hydrogens is 508 g/mol. The molecule has 5 rings (SSSR count). The fraction of sp³-hybridized carbons (Fsp3) is 0.312. The van der Waals surface area contributed by atoms with Crippen LogP contribution in [0.2, 0.25) is 0 Å². The molecule has 40 heavy (non-hydrogen) atoms. The van der Waals surface area contributed by atoms with Gasteiger partial charge < -0.3 is 24.6 Å². The van der Waals surface area contributed by atoms with Crippen LogP contribution in [-0.4, -0.2) is 71.1 Å². The molecule has 208 valence electrons. The topological polar surface area (TPSA) is 99.5 Å². The van der Waals surface area contributed by atoms with Crippen molar-refractivity contribution in [3.63, 3.8) is 0 Å². The monoisotopic (exact) mass is 542 g/mol. The molecule has 3 aromatic carbocycles. The number of rotatable bonds is 9. The van der Waals surface area contributed by atoms with Gasteiger partial charge in [-0.25, -0.2) is 0 Å². The van der Waals surface area contributed by atoms with E-state index in [2.05, 4.69) is 11.0 Å². The van der Waals surface area contributed by atoms with Crippen LogP contribution in [0, 0.1) is 6.92 Å². The molecule has 0 saturated carbocycles. The predicted octanol–water partition coefficient (Wildman–Crippen LogP) is 4.42. The lowest BCUT2D eigenvalue weighted by atomic mass is 9.95. The van der Waals surface area contributed by atoms with Crippen molar-refractivity contribution in [3.8, 4) is 11.5 Å². The zero-order valence-corrected chi connectivity index (χ0v) is 22.6. The van der Waals surface area contributed by atoms with Gasteiger partial charge in [-0.2, -0.15) is 0 Å². The highest BCUT2D eigenvalue weighted by Gasteiger charge is 2.45. The van der Waals surface area contributed by atoms with Crippen LogP contribution in [0.15, 0.2) is 78.4 Å². The Morgan fingerprint density at radius 3 is 2.40 bits per heavy atom. The summed E-state index contributed by atoms with van der Waals surface area (Å²) in [5, 5.41) is 21.2. The fourth-order valence-corrected chi connectivity index (χ4v) is 5.24. The van der Waals surface area contributed by atoms with E-state index in [1.807, 2.05) is 25.1 Å². The molecule has 8 heteroatoms. The molecule has 0 bridgehead atoms. The van der Waals surface area contributed by atoms with Gasteiger partial charge >= 0.3 is 0 Å². The molecule has 0 unspecified atom stereocenters. The van der Waals surface area contributed by atoms with E-state index in [1.165, 1.54) is 17.0 Å². The van der Waals surface area contributed by atoms with Gasteiger partial charge in [0.1, 0.15) is 23.9 Å². The molecule has 0 aromatic heterocycles. The number of carbonyl (C=O) groups excluding carboxylic acids is 2. The van der Waals surface area contributed by atoms with E-state index >= 15 is 0 Å². The average molecular weight is 543 g/mol. The van der Waals surface area contributed by atoms with Crippen molar-refractivity contribution in [2.24, 2.45) is 0 Å². The summed E-state index contributed by atoms with van der Waals surface area (Å²) in [7, 11) is 0. The molecule has 0 radical (unpaired) electrons. The minimum Gasteiger partial charge on any atom is -0.508 e. The Labute approximate surface area is 234 Å². The van der Waals surface area contributed by atoms with Crippen LogP contribution in [0.1, 0.15) is 34.7 Å². The normalized spacial score (nSPS) is 19.2. The van der Waals surface area contributed by atoms with Gasteiger partial charge in [0.25, 0.3) is 11.7 Å². The quantitative estimate of drug-likeness (QED) is 0.235. The van der Waals surface area contributed by atoms with Crippen molar-refractivity contribution in [1.29, 1.82) is 0 Å². The lowest BCUT2D eigenvalue weighted by Gasteiger charge is -2.29. The fourth-order valence-electron chi connectivity index (χ4n) is 5.24. The zero-order chi connectivity index (χ0) is 28.1. The maximum atomic E-state index is 13.3. The van der Waals surface area contributed by atoms with E-state index in [9.17, 15) is 19.8 Å². The first kappa shape index (κ1) is 27.4. The molecule has 2 N–H and O–H groups in total. The molecule has 1 amide bonds. The highest BCUT2D eigenvalue weighted by molar-refractivity contribution is 6.46. The number of ketones is 1. The van der Waals surface area contributed by atoms with Crippen molar-refractivity contribution < 1.29 is 29.3 Å². The number of phenolic OH excluding ortho intramolecular Hbond substituents is 1. The first-order valence-electron chi connectivity index (χ1n) is 13.6. The molecule has 2 heterocycles. The van der Waals surface area contributed by atoms with Crippen LogP contribution in [-0.2, 0) is 20.9 Å². The number of Topliss-reactive ketones (excluding diaryl/α,β-unsaturated/α-hetero) is 1. The van der Waals surface area contributed by atoms with Gasteiger partial charge in [-0.15, -0.1) is 0 Å². The van der Waals surface area contributed by atoms with Crippen LogP contribution >= 0.6 is 0 Å². The zero-order valence-electron chi connectivity index (χ0n) is 22.6. The molecule has 8 nitrogen and oxygen atoms in total. The van der Waals surface area contributed by atoms with Gasteiger partial charge in [-0.05, 0) is 60.9 Å². The number of aliphatic hydroxyl groups excluding tert-OH is 1. The summed E-state index contributed by atoms with van der Waals surface area (Å²) in [6.45, 7) is 6.62. The van der Waals surface area contributed by atoms with E-state index in [1.54, 1.807) is 36.4 Å². The summed E-state index contributed by atoms with van der Waals surface area (Å²) in [4.78, 5) is 30.3. The summed E-state index contributed by atoms with van der Waals surface area (Å²) >= 11 is 0. The second-order valence-corrected chi connectivity index (χ2v) is 10.2. The Morgan fingerprint density at radius 2 is 1.70 bits per heavy atom. The second-order valence-electron chi connectivity index (χ2n) is 10.2. The number of aryl methyl sites for hydroxylation is 1. The van der Waals surface area contributed by atoms with Crippen molar-refractivity contribution in [3.05, 3.63) is 101 Å². The minimum atomic E-state index is -0.762. The molecular formula is C32H34N2O6. The first-order valence-corrected chi connectivity index (χ1v) is 13.6. The number of amides is 1. The van der Waals surface area contributed by atoms with E-state index < -0.39 is 17.7 Å². The van der Waals surface area contributed by atoms with E-state index in [-0.39, 0.29) is 17.1 Å². The van der Waals surface area contributed by atoms with Crippen LogP contribution in [0.4, 0.5) is 0 Å². The van der Waals surface area contributed by atoms with Gasteiger partial charge in [-0.1, -0.05) is 42.0 Å². The number of phenols is 1. The average Bonchev–Trinajstić information content (AvgIpc) is 3.22. The molecule has 2 fully saturated rings. The number of hydrogen-bond donors (Lipinski definition) is 2. The van der Waals surface area contributed by atoms with Crippen LogP contribution in [0.3, 0.4) is 0 Å². The summed E-state index contributed by atoms with van der Waals surface area (Å²) in [6.07, 6.45) is 0.675. The summed E-state index contributed by atoms with van der Waals surface area (Å²) in [5.74, 6) is -0.898. The van der Waals surface area contributed by atoms with Gasteiger partial charge in [-0.3, -0.25) is 14.5 Å². The second kappa shape index (κ2) is 12.4. The van der Waals surface area contributed by atoms with Crippen molar-refractivity contribution in [1.82, 2.24) is 9.80 Å². The Hall–Kier alpha value is -4.14. The van der Waals surface area contributed by atoms with Gasteiger partial charge in [0.15, 0.2) is 0 Å². The molecule has 0 aliphatic carbocycles.